The van der Waals surface area contributed by atoms with Crippen LogP contribution >= 0.6 is 0 Å². The van der Waals surface area contributed by atoms with Crippen molar-refractivity contribution >= 4 is 33.2 Å². The molecule has 3 aliphatic heterocycles. The summed E-state index contributed by atoms with van der Waals surface area (Å²) in [5.41, 5.74) is 1.33. The number of hydrogen-bond donors (Lipinski definition) is 1. The molecule has 0 radical (unpaired) electrons. The van der Waals surface area contributed by atoms with Crippen LogP contribution in [-0.2, 0) is 14.6 Å². The van der Waals surface area contributed by atoms with Gasteiger partial charge in [0, 0.05) is 45.2 Å². The Morgan fingerprint density at radius 2 is 1.66 bits per heavy atom. The summed E-state index contributed by atoms with van der Waals surface area (Å²) in [6.45, 7) is 2.19. The van der Waals surface area contributed by atoms with Crippen molar-refractivity contribution in [2.75, 3.05) is 54.5 Å². The Bertz CT molecular complexity index is 1330. The van der Waals surface area contributed by atoms with Crippen molar-refractivity contribution in [3.63, 3.8) is 0 Å². The number of carbonyl (C=O) groups is 1. The van der Waals surface area contributed by atoms with Gasteiger partial charge < -0.3 is 14.5 Å². The summed E-state index contributed by atoms with van der Waals surface area (Å²) in [6.07, 6.45) is 5.48. The summed E-state index contributed by atoms with van der Waals surface area (Å²) in [5, 5.41) is 2.16. The molecule has 1 N–H and O–H groups in total. The molecule has 1 spiro atoms. The minimum atomic E-state index is -3.57. The lowest BCUT2D eigenvalue weighted by Gasteiger charge is -2.35. The zero-order valence-corrected chi connectivity index (χ0v) is 21.9. The smallest absolute Gasteiger partial charge is 0.260 e. The highest BCUT2D eigenvalue weighted by Crippen LogP contribution is 2.54. The van der Waals surface area contributed by atoms with Crippen molar-refractivity contribution < 1.29 is 26.7 Å². The molecule has 0 unspecified atom stereocenters. The number of anilines is 3. The third-order valence-corrected chi connectivity index (χ3v) is 10.5. The molecule has 3 saturated heterocycles. The van der Waals surface area contributed by atoms with Gasteiger partial charge in [-0.3, -0.25) is 10.1 Å². The molecule has 1 saturated carbocycles. The Hall–Kier alpha value is -2.86. The molecular formula is C26H31F2N5O4S. The first-order valence-corrected chi connectivity index (χ1v) is 14.7. The van der Waals surface area contributed by atoms with Gasteiger partial charge in [-0.25, -0.2) is 22.2 Å². The Morgan fingerprint density at radius 3 is 2.29 bits per heavy atom. The molecule has 0 atom stereocenters. The number of hydrogen-bond acceptors (Lipinski definition) is 8. The zero-order chi connectivity index (χ0) is 26.5. The number of amides is 1. The Labute approximate surface area is 220 Å². The van der Waals surface area contributed by atoms with E-state index >= 15 is 0 Å². The molecule has 9 nitrogen and oxygen atoms in total. The average molecular weight is 548 g/mol. The van der Waals surface area contributed by atoms with Gasteiger partial charge >= 0.3 is 0 Å². The van der Waals surface area contributed by atoms with Crippen LogP contribution in [0.15, 0.2) is 35.4 Å². The van der Waals surface area contributed by atoms with E-state index in [1.807, 2.05) is 0 Å². The molecule has 4 fully saturated rings. The van der Waals surface area contributed by atoms with Gasteiger partial charge in [0.25, 0.3) is 11.8 Å². The molecule has 12 heteroatoms. The predicted octanol–water partition coefficient (Wildman–Crippen LogP) is 3.52. The van der Waals surface area contributed by atoms with E-state index < -0.39 is 26.9 Å². The molecule has 2 aromatic rings. The SMILES string of the molecule is O=C(Nc1nccc(N2CCC(F)(F)CC2)n1)c1ccc(S(=O)(=O)C2COC2)cc1N1CCC2(CC1)CC2. The molecule has 0 bridgehead atoms. The van der Waals surface area contributed by atoms with Crippen molar-refractivity contribution in [1.82, 2.24) is 9.97 Å². The largest absolute Gasteiger partial charge is 0.379 e. The number of carbonyl (C=O) groups excluding carboxylic acids is 1. The maximum atomic E-state index is 13.6. The lowest BCUT2D eigenvalue weighted by Crippen LogP contribution is -2.41. The molecule has 4 aliphatic rings. The Balaban J connectivity index is 1.25. The minimum absolute atomic E-state index is 0.0645. The van der Waals surface area contributed by atoms with Gasteiger partial charge in [0.1, 0.15) is 11.1 Å². The lowest BCUT2D eigenvalue weighted by atomic mass is 9.93. The van der Waals surface area contributed by atoms with E-state index in [0.717, 1.165) is 25.9 Å². The van der Waals surface area contributed by atoms with Gasteiger partial charge in [-0.2, -0.15) is 4.98 Å². The number of aromatic nitrogens is 2. The van der Waals surface area contributed by atoms with Crippen molar-refractivity contribution in [2.45, 2.75) is 54.6 Å². The summed E-state index contributed by atoms with van der Waals surface area (Å²) in [6, 6.07) is 6.27. The topological polar surface area (TPSA) is 105 Å². The monoisotopic (exact) mass is 547 g/mol. The lowest BCUT2D eigenvalue weighted by molar-refractivity contribution is -0.0221. The third-order valence-electron chi connectivity index (χ3n) is 8.40. The summed E-state index contributed by atoms with van der Waals surface area (Å²) in [4.78, 5) is 26.0. The van der Waals surface area contributed by atoms with E-state index in [1.54, 1.807) is 23.1 Å². The van der Waals surface area contributed by atoms with Crippen LogP contribution in [0.2, 0.25) is 0 Å². The summed E-state index contributed by atoms with van der Waals surface area (Å²) < 4.78 is 58.4. The van der Waals surface area contributed by atoms with Crippen LogP contribution in [-0.4, -0.2) is 74.9 Å². The van der Waals surface area contributed by atoms with Crippen molar-refractivity contribution in [3.05, 3.63) is 36.0 Å². The van der Waals surface area contributed by atoms with Gasteiger partial charge in [-0.05, 0) is 55.4 Å². The minimum Gasteiger partial charge on any atom is -0.379 e. The Morgan fingerprint density at radius 1 is 0.974 bits per heavy atom. The summed E-state index contributed by atoms with van der Waals surface area (Å²) in [7, 11) is -3.57. The van der Waals surface area contributed by atoms with Crippen LogP contribution in [0.1, 0.15) is 48.9 Å². The first kappa shape index (κ1) is 25.4. The highest BCUT2D eigenvalue weighted by Gasteiger charge is 2.45. The van der Waals surface area contributed by atoms with Crippen molar-refractivity contribution in [3.8, 4) is 0 Å². The van der Waals surface area contributed by atoms with Crippen LogP contribution in [0, 0.1) is 5.41 Å². The van der Waals surface area contributed by atoms with Crippen LogP contribution in [0.4, 0.5) is 26.2 Å². The number of sulfone groups is 1. The normalized spacial score (nSPS) is 22.7. The number of ether oxygens (including phenoxy) is 1. The van der Waals surface area contributed by atoms with Crippen LogP contribution in [0.25, 0.3) is 0 Å². The van der Waals surface area contributed by atoms with Gasteiger partial charge in [-0.15, -0.1) is 0 Å². The zero-order valence-electron chi connectivity index (χ0n) is 21.0. The van der Waals surface area contributed by atoms with Gasteiger partial charge in [0.2, 0.25) is 5.95 Å². The van der Waals surface area contributed by atoms with E-state index in [4.69, 9.17) is 4.74 Å². The van der Waals surface area contributed by atoms with E-state index in [2.05, 4.69) is 20.2 Å². The van der Waals surface area contributed by atoms with Gasteiger partial charge in [0.15, 0.2) is 9.84 Å². The van der Waals surface area contributed by atoms with Crippen molar-refractivity contribution in [1.29, 1.82) is 0 Å². The number of nitrogens with zero attached hydrogens (tertiary/aromatic N) is 4. The first-order chi connectivity index (χ1) is 18.1. The number of halogens is 2. The molecule has 1 aromatic carbocycles. The maximum Gasteiger partial charge on any atom is 0.260 e. The van der Waals surface area contributed by atoms with Gasteiger partial charge in [-0.1, -0.05) is 0 Å². The second-order valence-electron chi connectivity index (χ2n) is 10.9. The maximum absolute atomic E-state index is 13.6. The fourth-order valence-electron chi connectivity index (χ4n) is 5.44. The standard InChI is InChI=1S/C26H31F2N5O4S/c27-26(28)8-13-33(14-9-26)22-3-10-29-24(30-22)31-23(34)20-2-1-18(38(35,36)19-16-37-17-19)15-21(20)32-11-6-25(4-5-25)7-12-32/h1-3,10,15,19H,4-9,11-14,16-17H2,(H,29,30,31,34). The quantitative estimate of drug-likeness (QED) is 0.586. The highest BCUT2D eigenvalue weighted by molar-refractivity contribution is 7.92. The molecule has 1 amide bonds. The number of alkyl halides is 2. The molecule has 1 aromatic heterocycles. The predicted molar refractivity (Wildman–Crippen MR) is 138 cm³/mol. The Kier molecular flexibility index (Phi) is 6.29. The highest BCUT2D eigenvalue weighted by atomic mass is 32.2. The number of nitrogens with one attached hydrogen (secondary N) is 1. The van der Waals surface area contributed by atoms with Gasteiger partial charge in [0.05, 0.1) is 29.4 Å². The fraction of sp³-hybridized carbons (Fsp3) is 0.577. The van der Waals surface area contributed by atoms with Crippen LogP contribution in [0.3, 0.4) is 0 Å². The molecule has 4 heterocycles. The van der Waals surface area contributed by atoms with E-state index in [-0.39, 0.29) is 50.0 Å². The molecule has 38 heavy (non-hydrogen) atoms. The number of rotatable bonds is 6. The van der Waals surface area contributed by atoms with Crippen molar-refractivity contribution in [2.24, 2.45) is 5.41 Å². The van der Waals surface area contributed by atoms with E-state index in [0.29, 0.717) is 22.5 Å². The molecular weight excluding hydrogens is 516 g/mol. The van der Waals surface area contributed by atoms with E-state index in [9.17, 15) is 22.0 Å². The van der Waals surface area contributed by atoms with E-state index in [1.165, 1.54) is 25.1 Å². The molecule has 204 valence electrons. The summed E-state index contributed by atoms with van der Waals surface area (Å²) in [5.74, 6) is -2.59. The summed E-state index contributed by atoms with van der Waals surface area (Å²) >= 11 is 0. The number of piperidine rings is 2. The fourth-order valence-corrected chi connectivity index (χ4v) is 6.91. The average Bonchev–Trinajstić information content (AvgIpc) is 3.61. The molecule has 1 aliphatic carbocycles. The molecule has 6 rings (SSSR count). The number of benzene rings is 1. The van der Waals surface area contributed by atoms with Crippen LogP contribution in [0.5, 0.6) is 0 Å². The van der Waals surface area contributed by atoms with Crippen LogP contribution < -0.4 is 15.1 Å². The first-order valence-electron chi connectivity index (χ1n) is 13.1. The third kappa shape index (κ3) is 4.95. The second kappa shape index (κ2) is 9.41. The second-order valence-corrected chi connectivity index (χ2v) is 13.1.